The number of rotatable bonds is 4. The van der Waals surface area contributed by atoms with Crippen molar-refractivity contribution in [2.24, 2.45) is 5.73 Å². The minimum atomic E-state index is -0.110. The third-order valence-electron chi connectivity index (χ3n) is 2.88. The summed E-state index contributed by atoms with van der Waals surface area (Å²) in [5.41, 5.74) is 7.77. The van der Waals surface area contributed by atoms with Crippen molar-refractivity contribution in [1.29, 1.82) is 0 Å². The lowest BCUT2D eigenvalue weighted by Crippen LogP contribution is -2.26. The third kappa shape index (κ3) is 4.48. The number of nitrogens with two attached hydrogens (primary N) is 1. The summed E-state index contributed by atoms with van der Waals surface area (Å²) in [6, 6.07) is 5.55. The van der Waals surface area contributed by atoms with Crippen LogP contribution in [0.15, 0.2) is 30.6 Å². The van der Waals surface area contributed by atoms with E-state index in [4.69, 9.17) is 5.73 Å². The van der Waals surface area contributed by atoms with Crippen molar-refractivity contribution in [3.63, 3.8) is 0 Å². The molecule has 1 amide bonds. The van der Waals surface area contributed by atoms with E-state index >= 15 is 0 Å². The van der Waals surface area contributed by atoms with E-state index < -0.39 is 0 Å². The van der Waals surface area contributed by atoms with Gasteiger partial charge < -0.3 is 16.0 Å². The van der Waals surface area contributed by atoms with Crippen LogP contribution in [0.2, 0.25) is 0 Å². The monoisotopic (exact) mass is 282 g/mol. The van der Waals surface area contributed by atoms with Gasteiger partial charge in [0.1, 0.15) is 5.82 Å². The fourth-order valence-corrected chi connectivity index (χ4v) is 1.97. The Morgan fingerprint density at radius 3 is 3.00 bits per heavy atom. The van der Waals surface area contributed by atoms with Crippen LogP contribution in [0, 0.1) is 18.8 Å². The second-order valence-electron chi connectivity index (χ2n) is 4.64. The lowest BCUT2D eigenvalue weighted by molar-refractivity contribution is 0.0954. The van der Waals surface area contributed by atoms with E-state index in [0.717, 1.165) is 17.0 Å². The maximum Gasteiger partial charge on any atom is 0.251 e. The van der Waals surface area contributed by atoms with Gasteiger partial charge in [-0.05, 0) is 30.7 Å². The van der Waals surface area contributed by atoms with E-state index in [1.807, 2.05) is 19.1 Å². The van der Waals surface area contributed by atoms with Gasteiger partial charge in [0, 0.05) is 36.5 Å². The zero-order valence-corrected chi connectivity index (χ0v) is 11.9. The van der Waals surface area contributed by atoms with Gasteiger partial charge in [-0.1, -0.05) is 11.8 Å². The highest BCUT2D eigenvalue weighted by Crippen LogP contribution is 2.09. The number of hydrogen-bond acceptors (Lipinski definition) is 3. The quantitative estimate of drug-likeness (QED) is 0.732. The van der Waals surface area contributed by atoms with Gasteiger partial charge in [0.2, 0.25) is 0 Å². The number of nitrogens with zero attached hydrogens (tertiary/aromatic N) is 1. The minimum Gasteiger partial charge on any atom is -0.352 e. The molecular weight excluding hydrogens is 264 g/mol. The SMILES string of the molecule is Cc1cc(C#CCN)cc(C(=O)NCCc2ncc[nH]2)c1. The number of carbonyl (C=O) groups is 1. The second kappa shape index (κ2) is 7.27. The van der Waals surface area contributed by atoms with E-state index in [-0.39, 0.29) is 5.91 Å². The average Bonchev–Trinajstić information content (AvgIpc) is 2.97. The molecule has 108 valence electrons. The first-order chi connectivity index (χ1) is 10.2. The van der Waals surface area contributed by atoms with Crippen molar-refractivity contribution in [2.45, 2.75) is 13.3 Å². The van der Waals surface area contributed by atoms with E-state index in [9.17, 15) is 4.79 Å². The summed E-state index contributed by atoms with van der Waals surface area (Å²) in [6.45, 7) is 2.77. The predicted octanol–water partition coefficient (Wildman–Crippen LogP) is 1.00. The number of hydrogen-bond donors (Lipinski definition) is 3. The lowest BCUT2D eigenvalue weighted by Gasteiger charge is -2.06. The topological polar surface area (TPSA) is 83.8 Å². The van der Waals surface area contributed by atoms with Gasteiger partial charge >= 0.3 is 0 Å². The number of carbonyl (C=O) groups excluding carboxylic acids is 1. The lowest BCUT2D eigenvalue weighted by atomic mass is 10.1. The summed E-state index contributed by atoms with van der Waals surface area (Å²) in [7, 11) is 0. The van der Waals surface area contributed by atoms with Crippen molar-refractivity contribution >= 4 is 5.91 Å². The van der Waals surface area contributed by atoms with Crippen molar-refractivity contribution in [2.75, 3.05) is 13.1 Å². The van der Waals surface area contributed by atoms with Gasteiger partial charge in [-0.2, -0.15) is 0 Å². The van der Waals surface area contributed by atoms with Crippen LogP contribution in [0.3, 0.4) is 0 Å². The molecule has 4 N–H and O–H groups in total. The summed E-state index contributed by atoms with van der Waals surface area (Å²) in [5.74, 6) is 6.49. The Kier molecular flexibility index (Phi) is 5.13. The summed E-state index contributed by atoms with van der Waals surface area (Å²) in [5, 5.41) is 2.88. The Balaban J connectivity index is 1.99. The fourth-order valence-electron chi connectivity index (χ4n) is 1.97. The molecule has 5 nitrogen and oxygen atoms in total. The van der Waals surface area contributed by atoms with Crippen LogP contribution in [0.5, 0.6) is 0 Å². The van der Waals surface area contributed by atoms with Crippen LogP contribution in [-0.2, 0) is 6.42 Å². The van der Waals surface area contributed by atoms with Gasteiger partial charge in [0.15, 0.2) is 0 Å². The third-order valence-corrected chi connectivity index (χ3v) is 2.88. The molecule has 1 aromatic heterocycles. The molecule has 0 bridgehead atoms. The molecule has 0 unspecified atom stereocenters. The summed E-state index contributed by atoms with van der Waals surface area (Å²) in [4.78, 5) is 19.2. The molecule has 0 spiro atoms. The highest BCUT2D eigenvalue weighted by molar-refractivity contribution is 5.94. The predicted molar refractivity (Wildman–Crippen MR) is 81.7 cm³/mol. The number of aryl methyl sites for hydroxylation is 1. The average molecular weight is 282 g/mol. The first-order valence-electron chi connectivity index (χ1n) is 6.76. The zero-order valence-electron chi connectivity index (χ0n) is 11.9. The van der Waals surface area contributed by atoms with Gasteiger partial charge in [-0.25, -0.2) is 4.98 Å². The van der Waals surface area contributed by atoms with E-state index in [1.54, 1.807) is 18.5 Å². The van der Waals surface area contributed by atoms with Crippen LogP contribution in [0.25, 0.3) is 0 Å². The van der Waals surface area contributed by atoms with Crippen LogP contribution in [0.4, 0.5) is 0 Å². The molecule has 1 heterocycles. The van der Waals surface area contributed by atoms with Gasteiger partial charge in [0.25, 0.3) is 5.91 Å². The molecule has 2 rings (SSSR count). The highest BCUT2D eigenvalue weighted by Gasteiger charge is 2.07. The minimum absolute atomic E-state index is 0.110. The molecule has 0 fully saturated rings. The molecule has 1 aromatic carbocycles. The van der Waals surface area contributed by atoms with Gasteiger partial charge in [-0.15, -0.1) is 0 Å². The van der Waals surface area contributed by atoms with E-state index in [2.05, 4.69) is 27.1 Å². The molecule has 5 heteroatoms. The zero-order chi connectivity index (χ0) is 15.1. The Morgan fingerprint density at radius 2 is 2.29 bits per heavy atom. The van der Waals surface area contributed by atoms with Crippen LogP contribution in [0.1, 0.15) is 27.3 Å². The van der Waals surface area contributed by atoms with Gasteiger partial charge in [0.05, 0.1) is 6.54 Å². The molecule has 0 aliphatic rings. The normalized spacial score (nSPS) is 9.81. The van der Waals surface area contributed by atoms with Crippen molar-refractivity contribution in [3.8, 4) is 11.8 Å². The van der Waals surface area contributed by atoms with Crippen molar-refractivity contribution < 1.29 is 4.79 Å². The number of H-pyrrole nitrogens is 1. The van der Waals surface area contributed by atoms with Crippen molar-refractivity contribution in [3.05, 3.63) is 53.1 Å². The van der Waals surface area contributed by atoms with Crippen LogP contribution < -0.4 is 11.1 Å². The smallest absolute Gasteiger partial charge is 0.251 e. The highest BCUT2D eigenvalue weighted by atomic mass is 16.1. The Hall–Kier alpha value is -2.58. The summed E-state index contributed by atoms with van der Waals surface area (Å²) < 4.78 is 0. The fraction of sp³-hybridized carbons (Fsp3) is 0.250. The number of aromatic nitrogens is 2. The molecule has 21 heavy (non-hydrogen) atoms. The summed E-state index contributed by atoms with van der Waals surface area (Å²) >= 11 is 0. The molecule has 0 atom stereocenters. The summed E-state index contributed by atoms with van der Waals surface area (Å²) in [6.07, 6.45) is 4.13. The molecule has 0 aliphatic carbocycles. The molecule has 0 radical (unpaired) electrons. The van der Waals surface area contributed by atoms with Gasteiger partial charge in [-0.3, -0.25) is 4.79 Å². The Morgan fingerprint density at radius 1 is 1.43 bits per heavy atom. The Bertz CT molecular complexity index is 665. The van der Waals surface area contributed by atoms with Crippen LogP contribution >= 0.6 is 0 Å². The van der Waals surface area contributed by atoms with Crippen molar-refractivity contribution in [1.82, 2.24) is 15.3 Å². The molecule has 0 saturated carbocycles. The maximum atomic E-state index is 12.1. The van der Waals surface area contributed by atoms with E-state index in [1.165, 1.54) is 0 Å². The van der Waals surface area contributed by atoms with E-state index in [0.29, 0.717) is 25.1 Å². The second-order valence-corrected chi connectivity index (χ2v) is 4.64. The number of aromatic amines is 1. The molecule has 2 aromatic rings. The number of imidazole rings is 1. The Labute approximate surface area is 124 Å². The number of benzene rings is 1. The number of nitrogens with one attached hydrogen (secondary N) is 2. The molecule has 0 aliphatic heterocycles. The standard InChI is InChI=1S/C16H18N4O/c1-12-9-13(3-2-5-17)11-14(10-12)16(21)20-6-4-15-18-7-8-19-15/h7-11H,4-6,17H2,1H3,(H,18,19)(H,20,21). The first-order valence-corrected chi connectivity index (χ1v) is 6.76. The molecular formula is C16H18N4O. The largest absolute Gasteiger partial charge is 0.352 e. The maximum absolute atomic E-state index is 12.1. The van der Waals surface area contributed by atoms with Crippen LogP contribution in [-0.4, -0.2) is 29.0 Å². The molecule has 0 saturated heterocycles. The number of amides is 1. The first kappa shape index (κ1) is 14.8.